The monoisotopic (exact) mass is 248 g/mol. The maximum atomic E-state index is 11.2. The number of carbonyl (C=O) groups excluding carboxylic acids is 1. The molecule has 5 heteroatoms. The minimum Gasteiger partial charge on any atom is -0.468 e. The van der Waals surface area contributed by atoms with E-state index >= 15 is 0 Å². The quantitative estimate of drug-likeness (QED) is 0.660. The SMILES string of the molecule is COC(=O)Cn1ccc2c(C(N)=S)cccc21. The van der Waals surface area contributed by atoms with Crippen LogP contribution in [0.25, 0.3) is 10.9 Å². The summed E-state index contributed by atoms with van der Waals surface area (Å²) in [4.78, 5) is 11.6. The number of carbonyl (C=O) groups is 1. The summed E-state index contributed by atoms with van der Waals surface area (Å²) in [6, 6.07) is 7.55. The molecule has 0 aliphatic heterocycles. The zero-order valence-electron chi connectivity index (χ0n) is 9.34. The Morgan fingerprint density at radius 1 is 1.47 bits per heavy atom. The van der Waals surface area contributed by atoms with Gasteiger partial charge in [0.15, 0.2) is 0 Å². The zero-order chi connectivity index (χ0) is 12.4. The minimum absolute atomic E-state index is 0.181. The number of hydrogen-bond acceptors (Lipinski definition) is 3. The van der Waals surface area contributed by atoms with Crippen molar-refractivity contribution < 1.29 is 9.53 Å². The zero-order valence-corrected chi connectivity index (χ0v) is 10.2. The van der Waals surface area contributed by atoms with E-state index in [4.69, 9.17) is 18.0 Å². The minimum atomic E-state index is -0.289. The van der Waals surface area contributed by atoms with E-state index in [0.29, 0.717) is 4.99 Å². The van der Waals surface area contributed by atoms with Crippen molar-refractivity contribution in [3.05, 3.63) is 36.0 Å². The molecule has 88 valence electrons. The van der Waals surface area contributed by atoms with Gasteiger partial charge in [-0.15, -0.1) is 0 Å². The van der Waals surface area contributed by atoms with Gasteiger partial charge in [-0.2, -0.15) is 0 Å². The molecular weight excluding hydrogens is 236 g/mol. The van der Waals surface area contributed by atoms with Crippen molar-refractivity contribution in [3.63, 3.8) is 0 Å². The lowest BCUT2D eigenvalue weighted by atomic mass is 10.1. The molecular formula is C12H12N2O2S. The third kappa shape index (κ3) is 2.14. The van der Waals surface area contributed by atoms with E-state index in [1.54, 1.807) is 0 Å². The standard InChI is InChI=1S/C12H12N2O2S/c1-16-11(15)7-14-6-5-8-9(12(13)17)3-2-4-10(8)14/h2-6H,7H2,1H3,(H2,13,17). The second-order valence-electron chi connectivity index (χ2n) is 3.62. The lowest BCUT2D eigenvalue weighted by molar-refractivity contribution is -0.141. The first-order valence-electron chi connectivity index (χ1n) is 5.08. The number of thiocarbonyl (C=S) groups is 1. The highest BCUT2D eigenvalue weighted by atomic mass is 32.1. The van der Waals surface area contributed by atoms with Gasteiger partial charge in [-0.05, 0) is 12.1 Å². The van der Waals surface area contributed by atoms with Gasteiger partial charge in [0.05, 0.1) is 7.11 Å². The van der Waals surface area contributed by atoms with Gasteiger partial charge in [-0.3, -0.25) is 4.79 Å². The first kappa shape index (κ1) is 11.6. The van der Waals surface area contributed by atoms with E-state index in [2.05, 4.69) is 4.74 Å². The molecule has 0 aliphatic carbocycles. The molecule has 17 heavy (non-hydrogen) atoms. The van der Waals surface area contributed by atoms with Crippen LogP contribution in [0.3, 0.4) is 0 Å². The fourth-order valence-electron chi connectivity index (χ4n) is 1.78. The molecule has 0 fully saturated rings. The molecule has 2 N–H and O–H groups in total. The molecule has 2 aromatic rings. The van der Waals surface area contributed by atoms with Crippen molar-refractivity contribution in [1.29, 1.82) is 0 Å². The van der Waals surface area contributed by atoms with Gasteiger partial charge in [-0.25, -0.2) is 0 Å². The second kappa shape index (κ2) is 4.55. The van der Waals surface area contributed by atoms with Gasteiger partial charge < -0.3 is 15.0 Å². The first-order valence-corrected chi connectivity index (χ1v) is 5.49. The van der Waals surface area contributed by atoms with Crippen molar-refractivity contribution in [1.82, 2.24) is 4.57 Å². The van der Waals surface area contributed by atoms with Crippen molar-refractivity contribution in [2.45, 2.75) is 6.54 Å². The molecule has 1 heterocycles. The fraction of sp³-hybridized carbons (Fsp3) is 0.167. The van der Waals surface area contributed by atoms with Gasteiger partial charge in [0, 0.05) is 22.7 Å². The van der Waals surface area contributed by atoms with Crippen molar-refractivity contribution in [3.8, 4) is 0 Å². The highest BCUT2D eigenvalue weighted by Crippen LogP contribution is 2.20. The average molecular weight is 248 g/mol. The van der Waals surface area contributed by atoms with Crippen LogP contribution >= 0.6 is 12.2 Å². The summed E-state index contributed by atoms with van der Waals surface area (Å²) in [5.41, 5.74) is 7.38. The number of fused-ring (bicyclic) bond motifs is 1. The predicted molar refractivity (Wildman–Crippen MR) is 69.8 cm³/mol. The van der Waals surface area contributed by atoms with Crippen LogP contribution < -0.4 is 5.73 Å². The van der Waals surface area contributed by atoms with Crippen LogP contribution in [0.4, 0.5) is 0 Å². The van der Waals surface area contributed by atoms with Crippen LogP contribution in [0.2, 0.25) is 0 Å². The maximum Gasteiger partial charge on any atom is 0.325 e. The number of nitrogens with zero attached hydrogens (tertiary/aromatic N) is 1. The number of methoxy groups -OCH3 is 1. The number of hydrogen-bond donors (Lipinski definition) is 1. The largest absolute Gasteiger partial charge is 0.468 e. The van der Waals surface area contributed by atoms with Crippen molar-refractivity contribution >= 4 is 34.1 Å². The van der Waals surface area contributed by atoms with Crippen LogP contribution in [0, 0.1) is 0 Å². The Morgan fingerprint density at radius 3 is 2.88 bits per heavy atom. The van der Waals surface area contributed by atoms with E-state index in [1.807, 2.05) is 35.0 Å². The van der Waals surface area contributed by atoms with Crippen LogP contribution in [0.1, 0.15) is 5.56 Å². The smallest absolute Gasteiger partial charge is 0.325 e. The first-order chi connectivity index (χ1) is 8.13. The molecule has 0 aliphatic rings. The van der Waals surface area contributed by atoms with E-state index in [1.165, 1.54) is 7.11 Å². The van der Waals surface area contributed by atoms with Gasteiger partial charge in [-0.1, -0.05) is 24.4 Å². The van der Waals surface area contributed by atoms with Crippen LogP contribution in [-0.2, 0) is 16.1 Å². The Bertz CT molecular complexity index is 589. The lowest BCUT2D eigenvalue weighted by Crippen LogP contribution is -2.11. The van der Waals surface area contributed by atoms with Gasteiger partial charge in [0.1, 0.15) is 11.5 Å². The second-order valence-corrected chi connectivity index (χ2v) is 4.06. The summed E-state index contributed by atoms with van der Waals surface area (Å²) >= 11 is 4.99. The number of nitrogens with two attached hydrogens (primary N) is 1. The maximum absolute atomic E-state index is 11.2. The van der Waals surface area contributed by atoms with Crippen LogP contribution in [-0.4, -0.2) is 22.6 Å². The Kier molecular flexibility index (Phi) is 3.10. The summed E-state index contributed by atoms with van der Waals surface area (Å²) in [6.45, 7) is 0.181. The van der Waals surface area contributed by atoms with Gasteiger partial charge >= 0.3 is 5.97 Å². The lowest BCUT2D eigenvalue weighted by Gasteiger charge is -2.05. The van der Waals surface area contributed by atoms with Gasteiger partial charge in [0.25, 0.3) is 0 Å². The molecule has 4 nitrogen and oxygen atoms in total. The summed E-state index contributed by atoms with van der Waals surface area (Å²) in [5, 5.41) is 0.948. The Hall–Kier alpha value is -1.88. The van der Waals surface area contributed by atoms with Crippen LogP contribution in [0.15, 0.2) is 30.5 Å². The molecule has 0 spiro atoms. The Balaban J connectivity index is 2.51. The summed E-state index contributed by atoms with van der Waals surface area (Å²) < 4.78 is 6.45. The predicted octanol–water partition coefficient (Wildman–Crippen LogP) is 1.45. The average Bonchev–Trinajstić information content (AvgIpc) is 2.72. The topological polar surface area (TPSA) is 57.2 Å². The number of rotatable bonds is 3. The van der Waals surface area contributed by atoms with E-state index in [0.717, 1.165) is 16.5 Å². The molecule has 0 bridgehead atoms. The number of esters is 1. The fourth-order valence-corrected chi connectivity index (χ4v) is 1.96. The summed E-state index contributed by atoms with van der Waals surface area (Å²) in [7, 11) is 1.37. The normalized spacial score (nSPS) is 10.4. The molecule has 1 aromatic heterocycles. The number of ether oxygens (including phenoxy) is 1. The molecule has 1 aromatic carbocycles. The number of benzene rings is 1. The Labute approximate surface area is 104 Å². The van der Waals surface area contributed by atoms with E-state index < -0.39 is 0 Å². The highest BCUT2D eigenvalue weighted by Gasteiger charge is 2.09. The third-order valence-corrected chi connectivity index (χ3v) is 2.83. The van der Waals surface area contributed by atoms with Crippen LogP contribution in [0.5, 0.6) is 0 Å². The third-order valence-electron chi connectivity index (χ3n) is 2.61. The summed E-state index contributed by atoms with van der Waals surface area (Å²) in [5.74, 6) is -0.289. The molecule has 0 saturated heterocycles. The molecule has 0 unspecified atom stereocenters. The van der Waals surface area contributed by atoms with Crippen molar-refractivity contribution in [2.75, 3.05) is 7.11 Å². The van der Waals surface area contributed by atoms with Crippen molar-refractivity contribution in [2.24, 2.45) is 5.73 Å². The summed E-state index contributed by atoms with van der Waals surface area (Å²) in [6.07, 6.45) is 1.82. The molecule has 0 saturated carbocycles. The molecule has 0 amide bonds. The molecule has 0 radical (unpaired) electrons. The highest BCUT2D eigenvalue weighted by molar-refractivity contribution is 7.80. The Morgan fingerprint density at radius 2 is 2.24 bits per heavy atom. The number of aromatic nitrogens is 1. The van der Waals surface area contributed by atoms with E-state index in [9.17, 15) is 4.79 Å². The van der Waals surface area contributed by atoms with Gasteiger partial charge in [0.2, 0.25) is 0 Å². The molecule has 2 rings (SSSR count). The molecule has 0 atom stereocenters. The van der Waals surface area contributed by atoms with E-state index in [-0.39, 0.29) is 12.5 Å².